The van der Waals surface area contributed by atoms with E-state index in [1.807, 2.05) is 30.3 Å². The van der Waals surface area contributed by atoms with Gasteiger partial charge in [-0.3, -0.25) is 0 Å². The first kappa shape index (κ1) is 15.4. The van der Waals surface area contributed by atoms with Gasteiger partial charge in [0.25, 0.3) is 0 Å². The zero-order chi connectivity index (χ0) is 16.4. The number of fused-ring (bicyclic) bond motifs is 1. The summed E-state index contributed by atoms with van der Waals surface area (Å²) in [5, 5.41) is 11.9. The number of halogens is 1. The Labute approximate surface area is 139 Å². The Morgan fingerprint density at radius 3 is 2.43 bits per heavy atom. The molecule has 0 aromatic heterocycles. The van der Waals surface area contributed by atoms with Gasteiger partial charge in [0.05, 0.1) is 17.2 Å². The van der Waals surface area contributed by atoms with Crippen molar-refractivity contribution in [3.63, 3.8) is 0 Å². The van der Waals surface area contributed by atoms with Gasteiger partial charge in [0.2, 0.25) is 0 Å². The molecule has 3 rings (SSSR count). The van der Waals surface area contributed by atoms with Crippen LogP contribution in [0.25, 0.3) is 21.9 Å². The fourth-order valence-electron chi connectivity index (χ4n) is 2.48. The van der Waals surface area contributed by atoms with Crippen LogP contribution in [0.5, 0.6) is 5.75 Å². The maximum atomic E-state index is 12.0. The van der Waals surface area contributed by atoms with E-state index in [9.17, 15) is 9.90 Å². The fraction of sp³-hybridized carbons (Fsp3) is 0.105. The quantitative estimate of drug-likeness (QED) is 0.686. The summed E-state index contributed by atoms with van der Waals surface area (Å²) in [6, 6.07) is 16.4. The molecule has 23 heavy (non-hydrogen) atoms. The van der Waals surface area contributed by atoms with Crippen molar-refractivity contribution in [1.82, 2.24) is 0 Å². The molecule has 0 bridgehead atoms. The highest BCUT2D eigenvalue weighted by molar-refractivity contribution is 6.33. The van der Waals surface area contributed by atoms with Gasteiger partial charge in [-0.15, -0.1) is 0 Å². The van der Waals surface area contributed by atoms with Crippen molar-refractivity contribution >= 4 is 28.3 Å². The Morgan fingerprint density at radius 1 is 1.00 bits per heavy atom. The summed E-state index contributed by atoms with van der Waals surface area (Å²) < 4.78 is 5.03. The summed E-state index contributed by atoms with van der Waals surface area (Å²) in [5.74, 6) is -0.189. The molecular weight excluding hydrogens is 312 g/mol. The summed E-state index contributed by atoms with van der Waals surface area (Å²) >= 11 is 6.10. The van der Waals surface area contributed by atoms with Gasteiger partial charge in [-0.25, -0.2) is 4.79 Å². The molecule has 0 amide bonds. The van der Waals surface area contributed by atoms with Crippen molar-refractivity contribution in [3.8, 4) is 16.9 Å². The Hall–Kier alpha value is -2.52. The number of hydrogen-bond acceptors (Lipinski definition) is 3. The average Bonchev–Trinajstić information content (AvgIpc) is 2.55. The molecule has 0 saturated heterocycles. The Morgan fingerprint density at radius 2 is 1.65 bits per heavy atom. The van der Waals surface area contributed by atoms with E-state index >= 15 is 0 Å². The van der Waals surface area contributed by atoms with Crippen LogP contribution >= 0.6 is 11.6 Å². The molecule has 0 aliphatic rings. The molecule has 0 heterocycles. The molecule has 0 aliphatic heterocycles. The zero-order valence-corrected chi connectivity index (χ0v) is 13.3. The van der Waals surface area contributed by atoms with Crippen LogP contribution in [0.1, 0.15) is 17.3 Å². The lowest BCUT2D eigenvalue weighted by molar-refractivity contribution is 0.0526. The second kappa shape index (κ2) is 6.31. The van der Waals surface area contributed by atoms with Gasteiger partial charge in [0.1, 0.15) is 5.75 Å². The number of carbonyl (C=O) groups excluding carboxylic acids is 1. The minimum absolute atomic E-state index is 0.237. The van der Waals surface area contributed by atoms with Crippen molar-refractivity contribution in [2.24, 2.45) is 0 Å². The van der Waals surface area contributed by atoms with Crippen LogP contribution in [0.2, 0.25) is 5.02 Å². The highest BCUT2D eigenvalue weighted by Crippen LogP contribution is 2.29. The third-order valence-electron chi connectivity index (χ3n) is 3.62. The fourth-order valence-corrected chi connectivity index (χ4v) is 2.68. The molecule has 1 N–H and O–H groups in total. The molecule has 116 valence electrons. The van der Waals surface area contributed by atoms with Crippen LogP contribution in [0, 0.1) is 0 Å². The lowest BCUT2D eigenvalue weighted by Gasteiger charge is -2.09. The summed E-state index contributed by atoms with van der Waals surface area (Å²) in [7, 11) is 0. The third-order valence-corrected chi connectivity index (χ3v) is 3.95. The second-order valence-electron chi connectivity index (χ2n) is 5.16. The van der Waals surface area contributed by atoms with Gasteiger partial charge in [-0.05, 0) is 59.2 Å². The number of rotatable bonds is 3. The Balaban J connectivity index is 2.06. The molecule has 0 radical (unpaired) electrons. The van der Waals surface area contributed by atoms with Gasteiger partial charge in [0, 0.05) is 0 Å². The monoisotopic (exact) mass is 326 g/mol. The Kier molecular flexibility index (Phi) is 4.22. The number of hydrogen-bond donors (Lipinski definition) is 1. The minimum Gasteiger partial charge on any atom is -0.508 e. The summed E-state index contributed by atoms with van der Waals surface area (Å²) in [4.78, 5) is 12.0. The van der Waals surface area contributed by atoms with Gasteiger partial charge in [0.15, 0.2) is 0 Å². The Bertz CT molecular complexity index is 887. The van der Waals surface area contributed by atoms with E-state index in [1.54, 1.807) is 31.2 Å². The molecule has 3 aromatic rings. The molecular formula is C19H15ClO3. The molecule has 3 nitrogen and oxygen atoms in total. The number of carbonyl (C=O) groups is 1. The van der Waals surface area contributed by atoms with E-state index in [4.69, 9.17) is 16.3 Å². The maximum Gasteiger partial charge on any atom is 0.339 e. The van der Waals surface area contributed by atoms with E-state index in [1.165, 1.54) is 0 Å². The number of phenolic OH excluding ortho intramolecular Hbond substituents is 1. The van der Waals surface area contributed by atoms with E-state index in [2.05, 4.69) is 0 Å². The van der Waals surface area contributed by atoms with Crippen LogP contribution in [0.4, 0.5) is 0 Å². The average molecular weight is 327 g/mol. The number of esters is 1. The smallest absolute Gasteiger partial charge is 0.339 e. The van der Waals surface area contributed by atoms with Crippen molar-refractivity contribution in [3.05, 3.63) is 65.2 Å². The van der Waals surface area contributed by atoms with Crippen molar-refractivity contribution in [2.75, 3.05) is 6.61 Å². The number of ether oxygens (including phenoxy) is 1. The summed E-state index contributed by atoms with van der Waals surface area (Å²) in [6.45, 7) is 2.06. The first-order valence-electron chi connectivity index (χ1n) is 7.28. The van der Waals surface area contributed by atoms with E-state index in [0.29, 0.717) is 17.2 Å². The minimum atomic E-state index is -0.426. The number of phenols is 1. The second-order valence-corrected chi connectivity index (χ2v) is 5.57. The molecule has 0 saturated carbocycles. The topological polar surface area (TPSA) is 46.5 Å². The van der Waals surface area contributed by atoms with Crippen molar-refractivity contribution in [1.29, 1.82) is 0 Å². The molecule has 0 unspecified atom stereocenters. The molecule has 0 aliphatic carbocycles. The van der Waals surface area contributed by atoms with Gasteiger partial charge in [-0.1, -0.05) is 35.9 Å². The molecule has 0 atom stereocenters. The molecule has 4 heteroatoms. The largest absolute Gasteiger partial charge is 0.508 e. The molecule has 0 spiro atoms. The summed E-state index contributed by atoms with van der Waals surface area (Å²) in [5.41, 5.74) is 2.20. The van der Waals surface area contributed by atoms with Gasteiger partial charge in [-0.2, -0.15) is 0 Å². The molecule has 3 aromatic carbocycles. The number of aromatic hydroxyl groups is 1. The van der Waals surface area contributed by atoms with E-state index in [-0.39, 0.29) is 5.75 Å². The zero-order valence-electron chi connectivity index (χ0n) is 12.5. The number of benzene rings is 3. The SMILES string of the molecule is CCOC(=O)c1cc(-c2ccc3cc(O)ccc3c2)ccc1Cl. The van der Waals surface area contributed by atoms with Crippen molar-refractivity contribution in [2.45, 2.75) is 6.92 Å². The molecule has 0 fully saturated rings. The van der Waals surface area contributed by atoms with Gasteiger partial charge >= 0.3 is 5.97 Å². The lowest BCUT2D eigenvalue weighted by atomic mass is 9.99. The predicted molar refractivity (Wildman–Crippen MR) is 92.0 cm³/mol. The maximum absolute atomic E-state index is 12.0. The first-order valence-corrected chi connectivity index (χ1v) is 7.66. The van der Waals surface area contributed by atoms with Gasteiger partial charge < -0.3 is 9.84 Å². The van der Waals surface area contributed by atoms with Crippen LogP contribution in [0.15, 0.2) is 54.6 Å². The highest BCUT2D eigenvalue weighted by Gasteiger charge is 2.13. The van der Waals surface area contributed by atoms with Crippen LogP contribution in [-0.4, -0.2) is 17.7 Å². The van der Waals surface area contributed by atoms with Crippen LogP contribution in [0.3, 0.4) is 0 Å². The van der Waals surface area contributed by atoms with Crippen LogP contribution < -0.4 is 0 Å². The predicted octanol–water partition coefficient (Wildman–Crippen LogP) is 5.04. The van der Waals surface area contributed by atoms with E-state index in [0.717, 1.165) is 21.9 Å². The summed E-state index contributed by atoms with van der Waals surface area (Å²) in [6.07, 6.45) is 0. The lowest BCUT2D eigenvalue weighted by Crippen LogP contribution is -2.05. The van der Waals surface area contributed by atoms with E-state index < -0.39 is 5.97 Å². The highest BCUT2D eigenvalue weighted by atomic mass is 35.5. The normalized spacial score (nSPS) is 10.7. The van der Waals surface area contributed by atoms with Crippen molar-refractivity contribution < 1.29 is 14.6 Å². The van der Waals surface area contributed by atoms with Crippen LogP contribution in [-0.2, 0) is 4.74 Å². The first-order chi connectivity index (χ1) is 11.1. The third kappa shape index (κ3) is 3.15. The standard InChI is InChI=1S/C19H15ClO3/c1-2-23-19(22)17-11-15(6-8-18(17)20)12-3-4-14-10-16(21)7-5-13(14)9-12/h3-11,21H,2H2,1H3.